The number of nitrogens with zero attached hydrogens (tertiary/aromatic N) is 1. The minimum Gasteiger partial charge on any atom is -0.459 e. The van der Waals surface area contributed by atoms with Gasteiger partial charge in [0, 0.05) is 37.7 Å². The first-order valence-corrected chi connectivity index (χ1v) is 19.9. The average molecular weight is 790 g/mol. The van der Waals surface area contributed by atoms with E-state index in [1.165, 1.54) is 27.9 Å². The van der Waals surface area contributed by atoms with Crippen LogP contribution in [0.4, 0.5) is 0 Å². The van der Waals surface area contributed by atoms with Gasteiger partial charge in [-0.25, -0.2) is 0 Å². The summed E-state index contributed by atoms with van der Waals surface area (Å²) < 4.78 is 43.6. The normalized spacial score (nSPS) is 46.9. The third kappa shape index (κ3) is 10.6. The summed E-state index contributed by atoms with van der Waals surface area (Å²) in [4.78, 5) is 42.9. The molecule has 0 aromatic rings. The van der Waals surface area contributed by atoms with Gasteiger partial charge in [-0.15, -0.1) is 0 Å². The summed E-state index contributed by atoms with van der Waals surface area (Å²) in [5, 5.41) is 46.6. The quantitative estimate of drug-likeness (QED) is 0.249. The molecular weight excluding hydrogens is 718 g/mol. The molecule has 18 atom stereocenters. The smallest absolute Gasteiger partial charge is 0.311 e. The molecule has 0 radical (unpaired) electrons. The summed E-state index contributed by atoms with van der Waals surface area (Å²) in [5.74, 6) is -5.59. The fourth-order valence-electron chi connectivity index (χ4n) is 8.76. The molecule has 15 heteroatoms. The summed E-state index contributed by atoms with van der Waals surface area (Å²) in [5.41, 5.74) is -4.92. The van der Waals surface area contributed by atoms with Gasteiger partial charge < -0.3 is 58.5 Å². The van der Waals surface area contributed by atoms with E-state index in [1.807, 2.05) is 25.9 Å². The number of cyclic esters (lactones) is 1. The maximum Gasteiger partial charge on any atom is 0.311 e. The second-order valence-electron chi connectivity index (χ2n) is 17.3. The predicted octanol–water partition coefficient (Wildman–Crippen LogP) is 2.75. The van der Waals surface area contributed by atoms with Crippen LogP contribution in [0.2, 0.25) is 0 Å². The maximum absolute atomic E-state index is 14.2. The van der Waals surface area contributed by atoms with Gasteiger partial charge in [-0.3, -0.25) is 14.4 Å². The Labute approximate surface area is 327 Å². The Kier molecular flexibility index (Phi) is 16.3. The summed E-state index contributed by atoms with van der Waals surface area (Å²) >= 11 is 0. The first-order chi connectivity index (χ1) is 25.4. The minimum absolute atomic E-state index is 0.0760. The molecule has 0 amide bonds. The fraction of sp³-hybridized carbons (Fsp3) is 0.925. The van der Waals surface area contributed by atoms with Gasteiger partial charge in [-0.2, -0.15) is 0 Å². The number of carbonyl (C=O) groups is 3. The Morgan fingerprint density at radius 2 is 1.51 bits per heavy atom. The van der Waals surface area contributed by atoms with Crippen LogP contribution in [0.15, 0.2) is 0 Å². The van der Waals surface area contributed by atoms with Crippen LogP contribution in [0.1, 0.15) is 108 Å². The van der Waals surface area contributed by atoms with E-state index in [-0.39, 0.29) is 37.8 Å². The number of aliphatic hydroxyl groups excluding tert-OH is 2. The van der Waals surface area contributed by atoms with Crippen LogP contribution in [0.5, 0.6) is 0 Å². The molecule has 0 aromatic carbocycles. The van der Waals surface area contributed by atoms with Gasteiger partial charge in [-0.05, 0) is 74.9 Å². The highest BCUT2D eigenvalue weighted by molar-refractivity contribution is 5.83. The lowest BCUT2D eigenvalue weighted by atomic mass is 9.74. The molecule has 3 heterocycles. The lowest BCUT2D eigenvalue weighted by Gasteiger charge is -2.49. The van der Waals surface area contributed by atoms with Crippen LogP contribution in [0.25, 0.3) is 0 Å². The van der Waals surface area contributed by atoms with E-state index in [0.29, 0.717) is 6.42 Å². The van der Waals surface area contributed by atoms with Crippen LogP contribution in [0, 0.1) is 23.7 Å². The van der Waals surface area contributed by atoms with Crippen LogP contribution >= 0.6 is 0 Å². The number of aliphatic hydroxyl groups is 4. The number of hydrogen-bond acceptors (Lipinski definition) is 15. The molecule has 0 bridgehead atoms. The van der Waals surface area contributed by atoms with Crippen LogP contribution < -0.4 is 0 Å². The van der Waals surface area contributed by atoms with Crippen molar-refractivity contribution in [3.8, 4) is 0 Å². The third-order valence-electron chi connectivity index (χ3n) is 12.4. The Bertz CT molecular complexity index is 1290. The molecule has 4 N–H and O–H groups in total. The predicted molar refractivity (Wildman–Crippen MR) is 200 cm³/mol. The molecule has 15 nitrogen and oxygen atoms in total. The van der Waals surface area contributed by atoms with Crippen molar-refractivity contribution in [2.75, 3.05) is 21.2 Å². The summed E-state index contributed by atoms with van der Waals surface area (Å²) in [6.07, 6.45) is -9.68. The highest BCUT2D eigenvalue weighted by atomic mass is 16.7. The fourth-order valence-corrected chi connectivity index (χ4v) is 8.76. The molecule has 3 fully saturated rings. The average Bonchev–Trinajstić information content (AvgIpc) is 3.11. The van der Waals surface area contributed by atoms with E-state index in [4.69, 9.17) is 33.2 Å². The summed E-state index contributed by atoms with van der Waals surface area (Å²) in [6.45, 7) is 18.0. The highest BCUT2D eigenvalue weighted by Crippen LogP contribution is 2.41. The number of likely N-dealkylation sites (N-methyl/N-ethyl adjacent to an activating group) is 1. The number of Topliss-reactive ketones (excluding diaryl/α,β-unsaturated/α-hetero) is 1. The van der Waals surface area contributed by atoms with Gasteiger partial charge in [0.2, 0.25) is 0 Å². The van der Waals surface area contributed by atoms with Gasteiger partial charge in [0.1, 0.15) is 23.6 Å². The van der Waals surface area contributed by atoms with Gasteiger partial charge in [0.25, 0.3) is 0 Å². The van der Waals surface area contributed by atoms with Crippen LogP contribution in [-0.4, -0.2) is 149 Å². The van der Waals surface area contributed by atoms with Gasteiger partial charge in [-0.1, -0.05) is 34.6 Å². The number of ether oxygens (including phenoxy) is 7. The number of rotatable bonds is 9. The van der Waals surface area contributed by atoms with Crippen molar-refractivity contribution in [3.05, 3.63) is 0 Å². The molecule has 3 rings (SSSR count). The van der Waals surface area contributed by atoms with Crippen molar-refractivity contribution in [2.24, 2.45) is 23.7 Å². The van der Waals surface area contributed by atoms with Crippen molar-refractivity contribution in [2.45, 2.75) is 193 Å². The lowest BCUT2D eigenvalue weighted by Crippen LogP contribution is -2.61. The molecule has 0 aliphatic carbocycles. The first-order valence-electron chi connectivity index (χ1n) is 19.9. The standard InChI is InChI=1S/C40H71NO14/c1-15-27-40(11,48)33(44)22(5)30(43)20(3)18-38(9,47)35(55-37-32(53-28(42)16-2)26(41(12)13)17-21(4)50-37)23(6)31(24(7)36(46)52-27)54-29-19-39(10,49-14)34(45)25(8)51-29/h20-27,29,31-35,37,44-45,47-48H,15-19H2,1-14H3/t20-,21-,22+,23+,24-,25+,26+,27-,29+,31+,32-,33-,34+,35-,37+,38?,39-,40-/m1/s1. The van der Waals surface area contributed by atoms with Crippen molar-refractivity contribution in [1.29, 1.82) is 0 Å². The monoisotopic (exact) mass is 789 g/mol. The Hall–Kier alpha value is -1.79. The van der Waals surface area contributed by atoms with Crippen molar-refractivity contribution in [3.63, 3.8) is 0 Å². The Balaban J connectivity index is 2.24. The lowest BCUT2D eigenvalue weighted by molar-refractivity contribution is -0.319. The summed E-state index contributed by atoms with van der Waals surface area (Å²) in [6, 6.07) is -0.319. The van der Waals surface area contributed by atoms with Gasteiger partial charge in [0.15, 0.2) is 18.7 Å². The molecular formula is C40H71NO14. The van der Waals surface area contributed by atoms with Gasteiger partial charge >= 0.3 is 11.9 Å². The summed E-state index contributed by atoms with van der Waals surface area (Å²) in [7, 11) is 5.21. The molecule has 3 aliphatic rings. The van der Waals surface area contributed by atoms with Crippen molar-refractivity contribution >= 4 is 17.7 Å². The van der Waals surface area contributed by atoms with Crippen LogP contribution in [0.3, 0.4) is 0 Å². The van der Waals surface area contributed by atoms with E-state index in [0.717, 1.165) is 0 Å². The topological polar surface area (TPSA) is 200 Å². The second-order valence-corrected chi connectivity index (χ2v) is 17.3. The molecule has 0 spiro atoms. The zero-order chi connectivity index (χ0) is 42.0. The molecule has 1 unspecified atom stereocenters. The zero-order valence-corrected chi connectivity index (χ0v) is 35.5. The first kappa shape index (κ1) is 47.6. The van der Waals surface area contributed by atoms with E-state index in [9.17, 15) is 34.8 Å². The maximum atomic E-state index is 14.2. The Morgan fingerprint density at radius 3 is 2.05 bits per heavy atom. The second kappa shape index (κ2) is 18.9. The molecule has 0 saturated carbocycles. The largest absolute Gasteiger partial charge is 0.459 e. The molecule has 320 valence electrons. The number of ketones is 1. The van der Waals surface area contributed by atoms with Crippen molar-refractivity contribution in [1.82, 2.24) is 4.90 Å². The SMILES string of the molecule is CCC(=O)O[C@H]1[C@H](O[C@@H]2[C@@H](C)[C@H](O[C@H]3C[C@@](C)(OC)[C@@H](O)[C@H](C)O3)[C@@H](C)C(=O)O[C@H](CC)[C@@](C)(O)[C@H](O)[C@@H](C)C(=O)[C@H](C)CC2(C)O)O[C@H](C)C[C@@H]1N(C)C. The van der Waals surface area contributed by atoms with Gasteiger partial charge in [0.05, 0.1) is 53.7 Å². The van der Waals surface area contributed by atoms with E-state index in [2.05, 4.69) is 0 Å². The van der Waals surface area contributed by atoms with Crippen LogP contribution in [-0.2, 0) is 47.5 Å². The van der Waals surface area contributed by atoms with E-state index in [1.54, 1.807) is 48.5 Å². The molecule has 55 heavy (non-hydrogen) atoms. The number of hydrogen-bond donors (Lipinski definition) is 4. The Morgan fingerprint density at radius 1 is 0.891 bits per heavy atom. The van der Waals surface area contributed by atoms with E-state index < -0.39 is 114 Å². The minimum atomic E-state index is -2.01. The van der Waals surface area contributed by atoms with Crippen molar-refractivity contribution < 1.29 is 68.0 Å². The highest BCUT2D eigenvalue weighted by Gasteiger charge is 2.54. The third-order valence-corrected chi connectivity index (χ3v) is 12.4. The molecule has 3 saturated heterocycles. The number of methoxy groups -OCH3 is 1. The molecule has 3 aliphatic heterocycles. The molecule has 0 aromatic heterocycles. The number of esters is 2. The zero-order valence-electron chi connectivity index (χ0n) is 35.5. The van der Waals surface area contributed by atoms with E-state index >= 15 is 0 Å². The number of carbonyl (C=O) groups excluding carboxylic acids is 3.